The first-order chi connectivity index (χ1) is 11.8. The number of ether oxygens (including phenoxy) is 1. The van der Waals surface area contributed by atoms with Crippen molar-refractivity contribution < 1.29 is 22.7 Å². The van der Waals surface area contributed by atoms with E-state index in [1.54, 1.807) is 0 Å². The third-order valence-corrected chi connectivity index (χ3v) is 5.44. The molecule has 1 aromatic heterocycles. The Balaban J connectivity index is 1.54. The lowest BCUT2D eigenvalue weighted by Gasteiger charge is -2.27. The summed E-state index contributed by atoms with van der Waals surface area (Å²) in [6, 6.07) is 4.40. The molecule has 2 bridgehead atoms. The zero-order valence-electron chi connectivity index (χ0n) is 13.6. The van der Waals surface area contributed by atoms with Crippen LogP contribution in [-0.2, 0) is 0 Å². The maximum atomic E-state index is 12.7. The molecule has 4 rings (SSSR count). The zero-order valence-corrected chi connectivity index (χ0v) is 13.6. The van der Waals surface area contributed by atoms with E-state index in [1.165, 1.54) is 18.2 Å². The van der Waals surface area contributed by atoms with Gasteiger partial charge in [-0.15, -0.1) is 13.2 Å². The lowest BCUT2D eigenvalue weighted by molar-refractivity contribution is -0.274. The van der Waals surface area contributed by atoms with Crippen LogP contribution in [0.25, 0.3) is 10.9 Å². The Labute approximate surface area is 142 Å². The topological polar surface area (TPSA) is 58.2 Å². The Kier molecular flexibility index (Phi) is 3.75. The molecule has 3 atom stereocenters. The maximum Gasteiger partial charge on any atom is 0.573 e. The SMILES string of the molecule is CN1C[C@@H]2C[C@H]1C[C@H]2CC(=O)c1n[nH]c2ccc(OC(F)(F)F)cc12. The van der Waals surface area contributed by atoms with E-state index in [0.717, 1.165) is 19.4 Å². The van der Waals surface area contributed by atoms with Gasteiger partial charge >= 0.3 is 6.36 Å². The number of ketones is 1. The van der Waals surface area contributed by atoms with Gasteiger partial charge in [-0.05, 0) is 49.9 Å². The molecule has 0 spiro atoms. The second-order valence-corrected chi connectivity index (χ2v) is 7.04. The third kappa shape index (κ3) is 3.10. The number of nitrogens with zero attached hydrogens (tertiary/aromatic N) is 2. The largest absolute Gasteiger partial charge is 0.573 e. The first-order valence-electron chi connectivity index (χ1n) is 8.27. The van der Waals surface area contributed by atoms with Gasteiger partial charge < -0.3 is 9.64 Å². The van der Waals surface area contributed by atoms with Crippen LogP contribution in [0.4, 0.5) is 13.2 Å². The number of halogens is 3. The normalized spacial score (nSPS) is 26.5. The lowest BCUT2D eigenvalue weighted by Crippen LogP contribution is -2.32. The van der Waals surface area contributed by atoms with Crippen LogP contribution in [0.5, 0.6) is 5.75 Å². The van der Waals surface area contributed by atoms with Crippen LogP contribution in [0.1, 0.15) is 29.8 Å². The molecule has 134 valence electrons. The minimum atomic E-state index is -4.77. The lowest BCUT2D eigenvalue weighted by atomic mass is 9.89. The number of fused-ring (bicyclic) bond motifs is 3. The van der Waals surface area contributed by atoms with Crippen molar-refractivity contribution in [1.82, 2.24) is 15.1 Å². The predicted molar refractivity (Wildman–Crippen MR) is 84.4 cm³/mol. The van der Waals surface area contributed by atoms with Gasteiger partial charge in [0.05, 0.1) is 5.52 Å². The van der Waals surface area contributed by atoms with Crippen LogP contribution >= 0.6 is 0 Å². The first kappa shape index (κ1) is 16.4. The number of aromatic amines is 1. The Morgan fingerprint density at radius 2 is 2.20 bits per heavy atom. The van der Waals surface area contributed by atoms with E-state index in [2.05, 4.69) is 26.9 Å². The number of rotatable bonds is 4. The van der Waals surface area contributed by atoms with Crippen LogP contribution in [0.3, 0.4) is 0 Å². The van der Waals surface area contributed by atoms with E-state index in [9.17, 15) is 18.0 Å². The van der Waals surface area contributed by atoms with Crippen molar-refractivity contribution >= 4 is 16.7 Å². The second-order valence-electron chi connectivity index (χ2n) is 7.04. The zero-order chi connectivity index (χ0) is 17.8. The molecule has 2 fully saturated rings. The molecule has 2 heterocycles. The fourth-order valence-corrected chi connectivity index (χ4v) is 4.27. The second kappa shape index (κ2) is 5.72. The summed E-state index contributed by atoms with van der Waals surface area (Å²) in [5, 5.41) is 7.11. The summed E-state index contributed by atoms with van der Waals surface area (Å²) in [6.07, 6.45) is -2.26. The number of H-pyrrole nitrogens is 1. The number of piperidine rings is 1. The average Bonchev–Trinajstić information content (AvgIpc) is 3.18. The minimum absolute atomic E-state index is 0.129. The number of carbonyl (C=O) groups excluding carboxylic acids is 1. The fourth-order valence-electron chi connectivity index (χ4n) is 4.27. The molecule has 1 aliphatic carbocycles. The number of aromatic nitrogens is 2. The molecule has 2 aromatic rings. The Hall–Kier alpha value is -2.09. The summed E-state index contributed by atoms with van der Waals surface area (Å²) in [4.78, 5) is 15.0. The van der Waals surface area contributed by atoms with Gasteiger partial charge in [-0.3, -0.25) is 9.89 Å². The predicted octanol–water partition coefficient (Wildman–Crippen LogP) is 3.37. The minimum Gasteiger partial charge on any atom is -0.406 e. The molecular weight excluding hydrogens is 335 g/mol. The van der Waals surface area contributed by atoms with Crippen molar-refractivity contribution in [3.63, 3.8) is 0 Å². The van der Waals surface area contributed by atoms with Crippen molar-refractivity contribution in [2.24, 2.45) is 11.8 Å². The van der Waals surface area contributed by atoms with Gasteiger partial charge in [0.15, 0.2) is 5.78 Å². The number of alkyl halides is 3. The van der Waals surface area contributed by atoms with E-state index < -0.39 is 6.36 Å². The van der Waals surface area contributed by atoms with Gasteiger partial charge in [-0.2, -0.15) is 5.10 Å². The molecule has 1 saturated carbocycles. The van der Waals surface area contributed by atoms with Crippen molar-refractivity contribution in [1.29, 1.82) is 0 Å². The number of benzene rings is 1. The van der Waals surface area contributed by atoms with Crippen LogP contribution < -0.4 is 4.74 Å². The van der Waals surface area contributed by atoms with Crippen molar-refractivity contribution in [2.45, 2.75) is 31.7 Å². The van der Waals surface area contributed by atoms with E-state index in [0.29, 0.717) is 35.2 Å². The highest BCUT2D eigenvalue weighted by Gasteiger charge is 2.43. The molecule has 1 aliphatic heterocycles. The Bertz CT molecular complexity index is 815. The fraction of sp³-hybridized carbons (Fsp3) is 0.529. The van der Waals surface area contributed by atoms with Crippen molar-refractivity contribution in [3.8, 4) is 5.75 Å². The molecule has 1 saturated heterocycles. The van der Waals surface area contributed by atoms with Gasteiger partial charge in [0.25, 0.3) is 0 Å². The Morgan fingerprint density at radius 3 is 2.84 bits per heavy atom. The van der Waals surface area contributed by atoms with Crippen molar-refractivity contribution in [2.75, 3.05) is 13.6 Å². The van der Waals surface area contributed by atoms with Crippen LogP contribution in [0.15, 0.2) is 18.2 Å². The molecule has 1 aromatic carbocycles. The van der Waals surface area contributed by atoms with Gasteiger partial charge in [0, 0.05) is 24.4 Å². The smallest absolute Gasteiger partial charge is 0.406 e. The standard InChI is InChI=1S/C17H18F3N3O2/c1-23-8-10-5-11(23)4-9(10)6-15(24)16-13-7-12(25-17(18,19)20)2-3-14(13)21-22-16/h2-3,7,9-11H,4-6,8H2,1H3,(H,21,22)/t9-,10-,11+/m0/s1. The van der Waals surface area contributed by atoms with Gasteiger partial charge in [0.1, 0.15) is 11.4 Å². The monoisotopic (exact) mass is 353 g/mol. The molecule has 0 unspecified atom stereocenters. The summed E-state index contributed by atoms with van der Waals surface area (Å²) < 4.78 is 41.1. The van der Waals surface area contributed by atoms with E-state index in [4.69, 9.17) is 0 Å². The third-order valence-electron chi connectivity index (χ3n) is 5.44. The van der Waals surface area contributed by atoms with Crippen molar-refractivity contribution in [3.05, 3.63) is 23.9 Å². The average molecular weight is 353 g/mol. The van der Waals surface area contributed by atoms with E-state index in [1.807, 2.05) is 0 Å². The van der Waals surface area contributed by atoms with E-state index in [-0.39, 0.29) is 17.2 Å². The molecular formula is C17H18F3N3O2. The molecule has 5 nitrogen and oxygen atoms in total. The summed E-state index contributed by atoms with van der Waals surface area (Å²) in [7, 11) is 2.10. The number of hydrogen-bond donors (Lipinski definition) is 1. The highest BCUT2D eigenvalue weighted by Crippen LogP contribution is 2.43. The highest BCUT2D eigenvalue weighted by atomic mass is 19.4. The molecule has 0 amide bonds. The molecule has 0 radical (unpaired) electrons. The quantitative estimate of drug-likeness (QED) is 0.856. The van der Waals surface area contributed by atoms with Gasteiger partial charge in [0.2, 0.25) is 0 Å². The molecule has 1 N–H and O–H groups in total. The molecule has 2 aliphatic rings. The van der Waals surface area contributed by atoms with Gasteiger partial charge in [-0.25, -0.2) is 0 Å². The number of carbonyl (C=O) groups is 1. The summed E-state index contributed by atoms with van der Waals surface area (Å²) in [6.45, 7) is 1.01. The molecule has 25 heavy (non-hydrogen) atoms. The first-order valence-corrected chi connectivity index (χ1v) is 8.27. The maximum absolute atomic E-state index is 12.7. The number of hydrogen-bond acceptors (Lipinski definition) is 4. The Morgan fingerprint density at radius 1 is 1.40 bits per heavy atom. The summed E-state index contributed by atoms with van der Waals surface area (Å²) in [5.41, 5.74) is 0.712. The van der Waals surface area contributed by atoms with Gasteiger partial charge in [-0.1, -0.05) is 0 Å². The number of Topliss-reactive ketones (excluding diaryl/α,β-unsaturated/α-hetero) is 1. The van der Waals surface area contributed by atoms with Crippen LogP contribution in [0.2, 0.25) is 0 Å². The number of nitrogens with one attached hydrogen (secondary N) is 1. The van der Waals surface area contributed by atoms with E-state index >= 15 is 0 Å². The highest BCUT2D eigenvalue weighted by molar-refractivity contribution is 6.06. The van der Waals surface area contributed by atoms with Crippen LogP contribution in [-0.4, -0.2) is 46.9 Å². The number of likely N-dealkylation sites (tertiary alicyclic amines) is 1. The molecule has 8 heteroatoms. The summed E-state index contributed by atoms with van der Waals surface area (Å²) in [5.74, 6) is 0.371. The summed E-state index contributed by atoms with van der Waals surface area (Å²) >= 11 is 0. The van der Waals surface area contributed by atoms with Crippen LogP contribution in [0, 0.1) is 11.8 Å².